The molecule has 0 saturated heterocycles. The molecule has 2 aromatic rings. The van der Waals surface area contributed by atoms with Crippen LogP contribution in [0.5, 0.6) is 5.75 Å². The lowest BCUT2D eigenvalue weighted by molar-refractivity contribution is -0.118. The molecule has 0 spiro atoms. The molecule has 21 heavy (non-hydrogen) atoms. The van der Waals surface area contributed by atoms with Crippen molar-refractivity contribution in [2.75, 3.05) is 11.9 Å². The highest BCUT2D eigenvalue weighted by molar-refractivity contribution is 5.91. The van der Waals surface area contributed by atoms with Gasteiger partial charge in [0.25, 0.3) is 5.91 Å². The average Bonchev–Trinajstić information content (AvgIpc) is 2.47. The van der Waals surface area contributed by atoms with Gasteiger partial charge in [0.05, 0.1) is 11.6 Å². The Hall–Kier alpha value is -2.87. The number of nitriles is 1. The maximum Gasteiger partial charge on any atom is 0.262 e. The zero-order valence-corrected chi connectivity index (χ0v) is 11.4. The Labute approximate surface area is 121 Å². The van der Waals surface area contributed by atoms with Crippen molar-refractivity contribution in [2.24, 2.45) is 0 Å². The zero-order valence-electron chi connectivity index (χ0n) is 11.4. The first-order valence-corrected chi connectivity index (χ1v) is 6.27. The Balaban J connectivity index is 1.91. The van der Waals surface area contributed by atoms with Gasteiger partial charge in [-0.05, 0) is 55.0 Å². The lowest BCUT2D eigenvalue weighted by atomic mass is 10.2. The van der Waals surface area contributed by atoms with Gasteiger partial charge < -0.3 is 10.1 Å². The van der Waals surface area contributed by atoms with Crippen LogP contribution >= 0.6 is 0 Å². The number of aryl methyl sites for hydroxylation is 1. The molecular formula is C16H13FN2O2. The fourth-order valence-electron chi connectivity index (χ4n) is 1.74. The number of amides is 1. The van der Waals surface area contributed by atoms with Gasteiger partial charge in [-0.15, -0.1) is 0 Å². The first-order chi connectivity index (χ1) is 10.1. The van der Waals surface area contributed by atoms with Crippen molar-refractivity contribution in [3.05, 3.63) is 59.4 Å². The molecule has 4 nitrogen and oxygen atoms in total. The molecule has 0 aromatic heterocycles. The Kier molecular flexibility index (Phi) is 4.52. The molecule has 0 unspecified atom stereocenters. The van der Waals surface area contributed by atoms with E-state index in [2.05, 4.69) is 5.32 Å². The molecule has 2 rings (SSSR count). The van der Waals surface area contributed by atoms with E-state index in [0.717, 1.165) is 0 Å². The first kappa shape index (κ1) is 14.5. The number of ether oxygens (including phenoxy) is 1. The molecule has 0 aliphatic heterocycles. The third-order valence-corrected chi connectivity index (χ3v) is 2.79. The Bertz CT molecular complexity index is 690. The third kappa shape index (κ3) is 4.05. The number of carbonyl (C=O) groups excluding carboxylic acids is 1. The molecule has 0 aliphatic rings. The van der Waals surface area contributed by atoms with E-state index < -0.39 is 0 Å². The number of rotatable bonds is 4. The van der Waals surface area contributed by atoms with Gasteiger partial charge in [-0.25, -0.2) is 4.39 Å². The summed E-state index contributed by atoms with van der Waals surface area (Å²) in [6.07, 6.45) is 0. The minimum absolute atomic E-state index is 0.174. The van der Waals surface area contributed by atoms with Gasteiger partial charge in [-0.3, -0.25) is 4.79 Å². The van der Waals surface area contributed by atoms with Crippen molar-refractivity contribution in [3.8, 4) is 11.8 Å². The van der Waals surface area contributed by atoms with E-state index in [0.29, 0.717) is 22.6 Å². The van der Waals surface area contributed by atoms with E-state index in [4.69, 9.17) is 10.00 Å². The maximum absolute atomic E-state index is 12.9. The van der Waals surface area contributed by atoms with Gasteiger partial charge in [0.15, 0.2) is 6.61 Å². The fourth-order valence-corrected chi connectivity index (χ4v) is 1.74. The molecule has 5 heteroatoms. The third-order valence-electron chi connectivity index (χ3n) is 2.79. The van der Waals surface area contributed by atoms with E-state index in [1.807, 2.05) is 6.07 Å². The second-order valence-electron chi connectivity index (χ2n) is 4.44. The summed E-state index contributed by atoms with van der Waals surface area (Å²) in [5.74, 6) is -0.211. The fraction of sp³-hybridized carbons (Fsp3) is 0.125. The normalized spacial score (nSPS) is 9.76. The number of nitrogens with one attached hydrogen (secondary N) is 1. The predicted octanol–water partition coefficient (Wildman–Crippen LogP) is 3.02. The number of carbonyl (C=O) groups is 1. The summed E-state index contributed by atoms with van der Waals surface area (Å²) in [5.41, 5.74) is 1.73. The number of anilines is 1. The highest BCUT2D eigenvalue weighted by Crippen LogP contribution is 2.18. The summed E-state index contributed by atoms with van der Waals surface area (Å²) in [5, 5.41) is 11.3. The summed E-state index contributed by atoms with van der Waals surface area (Å²) < 4.78 is 18.3. The first-order valence-electron chi connectivity index (χ1n) is 6.27. The molecule has 0 aliphatic carbocycles. The molecule has 1 amide bonds. The quantitative estimate of drug-likeness (QED) is 0.938. The van der Waals surface area contributed by atoms with Gasteiger partial charge in [0.1, 0.15) is 11.6 Å². The molecule has 0 heterocycles. The summed E-state index contributed by atoms with van der Waals surface area (Å²) in [4.78, 5) is 11.7. The van der Waals surface area contributed by atoms with E-state index in [-0.39, 0.29) is 18.3 Å². The molecule has 0 saturated carbocycles. The summed E-state index contributed by atoms with van der Waals surface area (Å²) in [6.45, 7) is 1.53. The SMILES string of the molecule is Cc1cc(F)ccc1OCC(=O)Nc1ccc(C#N)cc1. The molecule has 0 fully saturated rings. The summed E-state index contributed by atoms with van der Waals surface area (Å²) in [6, 6.07) is 12.6. The van der Waals surface area contributed by atoms with E-state index in [9.17, 15) is 9.18 Å². The smallest absolute Gasteiger partial charge is 0.262 e. The molecular weight excluding hydrogens is 271 g/mol. The summed E-state index contributed by atoms with van der Waals surface area (Å²) in [7, 11) is 0. The molecule has 0 radical (unpaired) electrons. The van der Waals surface area contributed by atoms with Crippen LogP contribution in [0.4, 0.5) is 10.1 Å². The van der Waals surface area contributed by atoms with E-state index in [1.54, 1.807) is 31.2 Å². The number of hydrogen-bond donors (Lipinski definition) is 1. The van der Waals surface area contributed by atoms with Crippen LogP contribution in [0.1, 0.15) is 11.1 Å². The second-order valence-corrected chi connectivity index (χ2v) is 4.44. The van der Waals surface area contributed by atoms with Crippen molar-refractivity contribution in [1.82, 2.24) is 0 Å². The second kappa shape index (κ2) is 6.53. The Morgan fingerprint density at radius 2 is 2.00 bits per heavy atom. The van der Waals surface area contributed by atoms with Crippen LogP contribution in [0.3, 0.4) is 0 Å². The van der Waals surface area contributed by atoms with Gasteiger partial charge in [-0.1, -0.05) is 0 Å². The van der Waals surface area contributed by atoms with Gasteiger partial charge >= 0.3 is 0 Å². The minimum Gasteiger partial charge on any atom is -0.483 e. The molecule has 0 atom stereocenters. The lowest BCUT2D eigenvalue weighted by Crippen LogP contribution is -2.20. The lowest BCUT2D eigenvalue weighted by Gasteiger charge is -2.09. The zero-order chi connectivity index (χ0) is 15.2. The van der Waals surface area contributed by atoms with Crippen LogP contribution in [-0.2, 0) is 4.79 Å². The van der Waals surface area contributed by atoms with Crippen molar-refractivity contribution in [2.45, 2.75) is 6.92 Å². The largest absolute Gasteiger partial charge is 0.483 e. The van der Waals surface area contributed by atoms with Gasteiger partial charge in [-0.2, -0.15) is 5.26 Å². The number of halogens is 1. The Morgan fingerprint density at radius 1 is 1.29 bits per heavy atom. The molecule has 2 aromatic carbocycles. The number of hydrogen-bond acceptors (Lipinski definition) is 3. The molecule has 0 bridgehead atoms. The minimum atomic E-state index is -0.345. The van der Waals surface area contributed by atoms with Gasteiger partial charge in [0.2, 0.25) is 0 Å². The van der Waals surface area contributed by atoms with E-state index in [1.165, 1.54) is 18.2 Å². The predicted molar refractivity (Wildman–Crippen MR) is 76.4 cm³/mol. The van der Waals surface area contributed by atoms with Crippen molar-refractivity contribution in [3.63, 3.8) is 0 Å². The van der Waals surface area contributed by atoms with Crippen molar-refractivity contribution in [1.29, 1.82) is 5.26 Å². The van der Waals surface area contributed by atoms with Crippen LogP contribution < -0.4 is 10.1 Å². The highest BCUT2D eigenvalue weighted by atomic mass is 19.1. The van der Waals surface area contributed by atoms with Crippen LogP contribution in [0.25, 0.3) is 0 Å². The average molecular weight is 284 g/mol. The standard InChI is InChI=1S/C16H13FN2O2/c1-11-8-13(17)4-7-15(11)21-10-16(20)19-14-5-2-12(9-18)3-6-14/h2-8H,10H2,1H3,(H,19,20). The monoisotopic (exact) mass is 284 g/mol. The highest BCUT2D eigenvalue weighted by Gasteiger charge is 2.06. The molecule has 106 valence electrons. The van der Waals surface area contributed by atoms with Gasteiger partial charge in [0, 0.05) is 5.69 Å². The van der Waals surface area contributed by atoms with Crippen LogP contribution in [0, 0.1) is 24.1 Å². The van der Waals surface area contributed by atoms with Crippen LogP contribution in [-0.4, -0.2) is 12.5 Å². The van der Waals surface area contributed by atoms with Crippen LogP contribution in [0.15, 0.2) is 42.5 Å². The topological polar surface area (TPSA) is 62.1 Å². The van der Waals surface area contributed by atoms with Crippen molar-refractivity contribution >= 4 is 11.6 Å². The van der Waals surface area contributed by atoms with Crippen molar-refractivity contribution < 1.29 is 13.9 Å². The Morgan fingerprint density at radius 3 is 2.62 bits per heavy atom. The number of benzene rings is 2. The number of nitrogens with zero attached hydrogens (tertiary/aromatic N) is 1. The van der Waals surface area contributed by atoms with Crippen LogP contribution in [0.2, 0.25) is 0 Å². The maximum atomic E-state index is 12.9. The molecule has 1 N–H and O–H groups in total. The van der Waals surface area contributed by atoms with E-state index >= 15 is 0 Å². The summed E-state index contributed by atoms with van der Waals surface area (Å²) >= 11 is 0.